The van der Waals surface area contributed by atoms with Gasteiger partial charge < -0.3 is 14.7 Å². The quantitative estimate of drug-likeness (QED) is 0.839. The Morgan fingerprint density at radius 1 is 1.25 bits per heavy atom. The smallest absolute Gasteiger partial charge is 0.358 e. The monoisotopic (exact) mass is 278 g/mol. The van der Waals surface area contributed by atoms with Gasteiger partial charge in [-0.3, -0.25) is 4.90 Å². The molecular formula is C13H18N4O3. The van der Waals surface area contributed by atoms with Gasteiger partial charge in [0.05, 0.1) is 13.2 Å². The molecule has 1 unspecified atom stereocenters. The number of morpholine rings is 1. The Morgan fingerprint density at radius 2 is 2.00 bits per heavy atom. The van der Waals surface area contributed by atoms with Crippen molar-refractivity contribution in [1.29, 1.82) is 0 Å². The molecule has 0 aliphatic carbocycles. The molecule has 0 spiro atoms. The molecule has 0 radical (unpaired) electrons. The highest BCUT2D eigenvalue weighted by Gasteiger charge is 2.31. The molecule has 3 rings (SSSR count). The second-order valence-corrected chi connectivity index (χ2v) is 5.07. The Morgan fingerprint density at radius 3 is 2.75 bits per heavy atom. The predicted octanol–water partition coefficient (Wildman–Crippen LogP) is 0.0857. The van der Waals surface area contributed by atoms with Gasteiger partial charge in [0.15, 0.2) is 11.5 Å². The molecule has 7 heteroatoms. The molecule has 1 atom stereocenters. The van der Waals surface area contributed by atoms with Gasteiger partial charge >= 0.3 is 5.97 Å². The van der Waals surface area contributed by atoms with Crippen LogP contribution in [0.3, 0.4) is 0 Å². The van der Waals surface area contributed by atoms with E-state index in [0.717, 1.165) is 45.8 Å². The van der Waals surface area contributed by atoms with Gasteiger partial charge in [-0.15, -0.1) is 0 Å². The third-order valence-electron chi connectivity index (χ3n) is 3.91. The number of aromatic nitrogens is 2. The molecule has 2 aliphatic rings. The number of carboxylic acids is 1. The number of carbonyl (C=O) groups is 1. The molecular weight excluding hydrogens is 260 g/mol. The lowest BCUT2D eigenvalue weighted by atomic mass is 10.2. The maximum Gasteiger partial charge on any atom is 0.358 e. The standard InChI is InChI=1S/C13H18N4O3/c18-13(19)11-12(15-3-2-14-11)17-4-1-10(9-17)16-5-7-20-8-6-16/h2-3,10H,1,4-9H2,(H,18,19). The highest BCUT2D eigenvalue weighted by molar-refractivity contribution is 5.91. The van der Waals surface area contributed by atoms with Gasteiger partial charge in [-0.05, 0) is 6.42 Å². The van der Waals surface area contributed by atoms with Gasteiger partial charge in [0.1, 0.15) is 0 Å². The van der Waals surface area contributed by atoms with E-state index < -0.39 is 5.97 Å². The molecule has 7 nitrogen and oxygen atoms in total. The average Bonchev–Trinajstić information content (AvgIpc) is 2.98. The Bertz CT molecular complexity index is 490. The number of ether oxygens (including phenoxy) is 1. The maximum atomic E-state index is 11.2. The largest absolute Gasteiger partial charge is 0.476 e. The van der Waals surface area contributed by atoms with Gasteiger partial charge in [-0.25, -0.2) is 14.8 Å². The molecule has 1 N–H and O–H groups in total. The van der Waals surface area contributed by atoms with Crippen molar-refractivity contribution in [3.05, 3.63) is 18.1 Å². The minimum atomic E-state index is -1.03. The molecule has 0 bridgehead atoms. The van der Waals surface area contributed by atoms with Gasteiger partial charge in [0, 0.05) is 44.6 Å². The molecule has 2 fully saturated rings. The van der Waals surface area contributed by atoms with Crippen LogP contribution in [0.2, 0.25) is 0 Å². The third-order valence-corrected chi connectivity index (χ3v) is 3.91. The summed E-state index contributed by atoms with van der Waals surface area (Å²) in [5, 5.41) is 9.18. The molecule has 0 saturated carbocycles. The van der Waals surface area contributed by atoms with E-state index >= 15 is 0 Å². The van der Waals surface area contributed by atoms with Crippen LogP contribution in [0, 0.1) is 0 Å². The van der Waals surface area contributed by atoms with Crippen LogP contribution in [0.15, 0.2) is 12.4 Å². The lowest BCUT2D eigenvalue weighted by Crippen LogP contribution is -2.44. The van der Waals surface area contributed by atoms with Crippen molar-refractivity contribution in [3.8, 4) is 0 Å². The normalized spacial score (nSPS) is 24.0. The Hall–Kier alpha value is -1.73. The first-order valence-electron chi connectivity index (χ1n) is 6.87. The maximum absolute atomic E-state index is 11.2. The molecule has 0 amide bonds. The van der Waals surface area contributed by atoms with Crippen LogP contribution in [0.25, 0.3) is 0 Å². The van der Waals surface area contributed by atoms with Crippen molar-refractivity contribution in [2.75, 3.05) is 44.3 Å². The van der Waals surface area contributed by atoms with E-state index in [1.54, 1.807) is 6.20 Å². The zero-order valence-corrected chi connectivity index (χ0v) is 11.2. The van der Waals surface area contributed by atoms with E-state index in [0.29, 0.717) is 11.9 Å². The van der Waals surface area contributed by atoms with Crippen LogP contribution < -0.4 is 4.90 Å². The summed E-state index contributed by atoms with van der Waals surface area (Å²) in [5.41, 5.74) is 0.0372. The van der Waals surface area contributed by atoms with Crippen LogP contribution in [-0.2, 0) is 4.74 Å². The van der Waals surface area contributed by atoms with Crippen molar-refractivity contribution in [1.82, 2.24) is 14.9 Å². The number of anilines is 1. The van der Waals surface area contributed by atoms with Gasteiger partial charge in [0.25, 0.3) is 0 Å². The number of rotatable bonds is 3. The van der Waals surface area contributed by atoms with E-state index in [1.807, 2.05) is 4.90 Å². The average molecular weight is 278 g/mol. The molecule has 20 heavy (non-hydrogen) atoms. The van der Waals surface area contributed by atoms with Crippen LogP contribution in [-0.4, -0.2) is 71.4 Å². The summed E-state index contributed by atoms with van der Waals surface area (Å²) in [6.07, 6.45) is 3.99. The number of hydrogen-bond acceptors (Lipinski definition) is 6. The fraction of sp³-hybridized carbons (Fsp3) is 0.615. The zero-order valence-electron chi connectivity index (χ0n) is 11.2. The molecule has 1 aromatic heterocycles. The van der Waals surface area contributed by atoms with Crippen molar-refractivity contribution in [3.63, 3.8) is 0 Å². The fourth-order valence-corrected chi connectivity index (χ4v) is 2.89. The van der Waals surface area contributed by atoms with E-state index in [2.05, 4.69) is 14.9 Å². The highest BCUT2D eigenvalue weighted by atomic mass is 16.5. The molecule has 108 valence electrons. The molecule has 2 aliphatic heterocycles. The van der Waals surface area contributed by atoms with Gasteiger partial charge in [-0.1, -0.05) is 0 Å². The van der Waals surface area contributed by atoms with Crippen molar-refractivity contribution in [2.45, 2.75) is 12.5 Å². The van der Waals surface area contributed by atoms with E-state index in [-0.39, 0.29) is 5.69 Å². The predicted molar refractivity (Wildman–Crippen MR) is 72.0 cm³/mol. The SMILES string of the molecule is O=C(O)c1nccnc1N1CCC(N2CCOCC2)C1. The zero-order chi connectivity index (χ0) is 13.9. The second-order valence-electron chi connectivity index (χ2n) is 5.07. The first-order chi connectivity index (χ1) is 9.75. The summed E-state index contributed by atoms with van der Waals surface area (Å²) in [6, 6.07) is 0.447. The summed E-state index contributed by atoms with van der Waals surface area (Å²) in [5.74, 6) is -0.543. The summed E-state index contributed by atoms with van der Waals surface area (Å²) >= 11 is 0. The molecule has 1 aromatic rings. The van der Waals surface area contributed by atoms with Crippen LogP contribution in [0.4, 0.5) is 5.82 Å². The summed E-state index contributed by atoms with van der Waals surface area (Å²) in [6.45, 7) is 5.08. The van der Waals surface area contributed by atoms with Crippen LogP contribution in [0.1, 0.15) is 16.9 Å². The number of hydrogen-bond donors (Lipinski definition) is 1. The first kappa shape index (κ1) is 13.3. The minimum Gasteiger partial charge on any atom is -0.476 e. The van der Waals surface area contributed by atoms with Gasteiger partial charge in [-0.2, -0.15) is 0 Å². The van der Waals surface area contributed by atoms with E-state index in [4.69, 9.17) is 4.74 Å². The lowest BCUT2D eigenvalue weighted by molar-refractivity contribution is 0.0209. The Labute approximate surface area is 117 Å². The number of aromatic carboxylic acids is 1. The van der Waals surface area contributed by atoms with Gasteiger partial charge in [0.2, 0.25) is 0 Å². The topological polar surface area (TPSA) is 78.8 Å². The van der Waals surface area contributed by atoms with E-state index in [1.165, 1.54) is 6.20 Å². The van der Waals surface area contributed by atoms with Crippen molar-refractivity contribution < 1.29 is 14.6 Å². The third kappa shape index (κ3) is 2.59. The fourth-order valence-electron chi connectivity index (χ4n) is 2.89. The highest BCUT2D eigenvalue weighted by Crippen LogP contribution is 2.23. The summed E-state index contributed by atoms with van der Waals surface area (Å²) < 4.78 is 5.37. The van der Waals surface area contributed by atoms with Crippen molar-refractivity contribution >= 4 is 11.8 Å². The Kier molecular flexibility index (Phi) is 3.79. The molecule has 2 saturated heterocycles. The van der Waals surface area contributed by atoms with E-state index in [9.17, 15) is 9.90 Å². The minimum absolute atomic E-state index is 0.0372. The lowest BCUT2D eigenvalue weighted by Gasteiger charge is -2.32. The first-order valence-corrected chi connectivity index (χ1v) is 6.87. The Balaban J connectivity index is 1.72. The summed E-state index contributed by atoms with van der Waals surface area (Å²) in [7, 11) is 0. The number of carboxylic acid groups (broad SMARTS) is 1. The molecule has 0 aromatic carbocycles. The number of nitrogens with zero attached hydrogens (tertiary/aromatic N) is 4. The van der Waals surface area contributed by atoms with Crippen molar-refractivity contribution in [2.24, 2.45) is 0 Å². The summed E-state index contributed by atoms with van der Waals surface area (Å²) in [4.78, 5) is 23.8. The van der Waals surface area contributed by atoms with Crippen LogP contribution >= 0.6 is 0 Å². The second kappa shape index (κ2) is 5.72. The van der Waals surface area contributed by atoms with Crippen LogP contribution in [0.5, 0.6) is 0 Å². The molecule has 3 heterocycles.